The summed E-state index contributed by atoms with van der Waals surface area (Å²) in [6, 6.07) is 7.35. The molecule has 1 aromatic carbocycles. The third-order valence-electron chi connectivity index (χ3n) is 3.87. The van der Waals surface area contributed by atoms with Crippen LogP contribution in [-0.4, -0.2) is 28.5 Å². The molecule has 0 fully saturated rings. The van der Waals surface area contributed by atoms with Crippen molar-refractivity contribution in [2.24, 2.45) is 0 Å². The van der Waals surface area contributed by atoms with Crippen molar-refractivity contribution < 1.29 is 22.7 Å². The average Bonchev–Trinajstić information content (AvgIpc) is 2.97. The number of nitrogens with zero attached hydrogens (tertiary/aromatic N) is 2. The summed E-state index contributed by atoms with van der Waals surface area (Å²) in [5.41, 5.74) is 0.612. The van der Waals surface area contributed by atoms with E-state index in [1.165, 1.54) is 24.3 Å². The SMILES string of the molecule is CC(C)(C)c1cc(NC(=O)c2ccc(OCC(F)(F)F)cc2)n(C(C)(C)C)n1. The molecule has 0 bridgehead atoms. The van der Waals surface area contributed by atoms with Crippen molar-refractivity contribution in [3.8, 4) is 5.75 Å². The van der Waals surface area contributed by atoms with Crippen molar-refractivity contribution in [2.45, 2.75) is 58.7 Å². The number of benzene rings is 1. The number of hydrogen-bond acceptors (Lipinski definition) is 3. The van der Waals surface area contributed by atoms with E-state index in [0.717, 1.165) is 5.69 Å². The Morgan fingerprint density at radius 2 is 1.64 bits per heavy atom. The highest BCUT2D eigenvalue weighted by atomic mass is 19.4. The van der Waals surface area contributed by atoms with Crippen LogP contribution >= 0.6 is 0 Å². The van der Waals surface area contributed by atoms with E-state index in [2.05, 4.69) is 15.2 Å². The second kappa shape index (κ2) is 7.48. The van der Waals surface area contributed by atoms with Crippen molar-refractivity contribution in [3.05, 3.63) is 41.6 Å². The molecular weight excluding hydrogens is 371 g/mol. The predicted molar refractivity (Wildman–Crippen MR) is 102 cm³/mol. The molecule has 0 saturated carbocycles. The van der Waals surface area contributed by atoms with Gasteiger partial charge in [-0.05, 0) is 45.0 Å². The molecule has 0 saturated heterocycles. The molecule has 28 heavy (non-hydrogen) atoms. The average molecular weight is 397 g/mol. The van der Waals surface area contributed by atoms with Crippen LogP contribution in [0.25, 0.3) is 0 Å². The lowest BCUT2D eigenvalue weighted by Crippen LogP contribution is -2.27. The van der Waals surface area contributed by atoms with Crippen molar-refractivity contribution in [2.75, 3.05) is 11.9 Å². The number of anilines is 1. The molecule has 0 aliphatic heterocycles. The van der Waals surface area contributed by atoms with E-state index in [0.29, 0.717) is 11.4 Å². The number of carbonyl (C=O) groups excluding carboxylic acids is 1. The summed E-state index contributed by atoms with van der Waals surface area (Å²) in [7, 11) is 0. The Balaban J connectivity index is 2.19. The fourth-order valence-corrected chi connectivity index (χ4v) is 2.40. The zero-order chi connectivity index (χ0) is 21.3. The third kappa shape index (κ3) is 5.74. The van der Waals surface area contributed by atoms with Gasteiger partial charge < -0.3 is 10.1 Å². The number of ether oxygens (including phenoxy) is 1. The van der Waals surface area contributed by atoms with E-state index in [4.69, 9.17) is 0 Å². The molecule has 1 amide bonds. The van der Waals surface area contributed by atoms with Gasteiger partial charge >= 0.3 is 6.18 Å². The fourth-order valence-electron chi connectivity index (χ4n) is 2.40. The highest BCUT2D eigenvalue weighted by molar-refractivity contribution is 6.03. The van der Waals surface area contributed by atoms with Crippen molar-refractivity contribution in [1.82, 2.24) is 9.78 Å². The maximum Gasteiger partial charge on any atom is 0.422 e. The minimum absolute atomic E-state index is 0.0450. The first-order chi connectivity index (χ1) is 12.7. The van der Waals surface area contributed by atoms with Crippen LogP contribution in [0.1, 0.15) is 57.6 Å². The Labute approximate surface area is 162 Å². The first-order valence-corrected chi connectivity index (χ1v) is 8.89. The van der Waals surface area contributed by atoms with Crippen LogP contribution in [0.4, 0.5) is 19.0 Å². The van der Waals surface area contributed by atoms with E-state index in [1.807, 2.05) is 47.6 Å². The summed E-state index contributed by atoms with van der Waals surface area (Å²) in [5.74, 6) is 0.219. The number of nitrogens with one attached hydrogen (secondary N) is 1. The molecular formula is C20H26F3N3O2. The molecule has 1 N–H and O–H groups in total. The summed E-state index contributed by atoms with van der Waals surface area (Å²) in [6.07, 6.45) is -4.41. The van der Waals surface area contributed by atoms with Gasteiger partial charge in [-0.3, -0.25) is 4.79 Å². The number of aromatic nitrogens is 2. The van der Waals surface area contributed by atoms with Crippen LogP contribution in [0.5, 0.6) is 5.75 Å². The van der Waals surface area contributed by atoms with Gasteiger partial charge in [0, 0.05) is 17.0 Å². The lowest BCUT2D eigenvalue weighted by Gasteiger charge is -2.23. The molecule has 0 atom stereocenters. The first-order valence-electron chi connectivity index (χ1n) is 8.89. The molecule has 0 spiro atoms. The highest BCUT2D eigenvalue weighted by Gasteiger charge is 2.28. The number of halogens is 3. The summed E-state index contributed by atoms with van der Waals surface area (Å²) >= 11 is 0. The van der Waals surface area contributed by atoms with Gasteiger partial charge in [-0.2, -0.15) is 18.3 Å². The Hall–Kier alpha value is -2.51. The normalized spacial score (nSPS) is 12.8. The Morgan fingerprint density at radius 1 is 1.07 bits per heavy atom. The fraction of sp³-hybridized carbons (Fsp3) is 0.500. The number of alkyl halides is 3. The van der Waals surface area contributed by atoms with Gasteiger partial charge in [0.1, 0.15) is 11.6 Å². The van der Waals surface area contributed by atoms with Crippen LogP contribution in [0.3, 0.4) is 0 Å². The van der Waals surface area contributed by atoms with Crippen LogP contribution in [0.15, 0.2) is 30.3 Å². The van der Waals surface area contributed by atoms with Gasteiger partial charge in [0.15, 0.2) is 6.61 Å². The predicted octanol–water partition coefficient (Wildman–Crippen LogP) is 5.13. The summed E-state index contributed by atoms with van der Waals surface area (Å²) in [5, 5.41) is 7.48. The quantitative estimate of drug-likeness (QED) is 0.778. The van der Waals surface area contributed by atoms with Crippen LogP contribution < -0.4 is 10.1 Å². The Bertz CT molecular complexity index is 826. The molecule has 0 aliphatic rings. The van der Waals surface area contributed by atoms with Gasteiger partial charge in [-0.1, -0.05) is 20.8 Å². The highest BCUT2D eigenvalue weighted by Crippen LogP contribution is 2.28. The largest absolute Gasteiger partial charge is 0.484 e. The molecule has 1 aromatic heterocycles. The van der Waals surface area contributed by atoms with E-state index < -0.39 is 12.8 Å². The van der Waals surface area contributed by atoms with Gasteiger partial charge in [-0.25, -0.2) is 4.68 Å². The standard InChI is InChI=1S/C20H26F3N3O2/c1-18(2,3)15-11-16(26(25-15)19(4,5)6)24-17(27)13-7-9-14(10-8-13)28-12-20(21,22)23/h7-11H,12H2,1-6H3,(H,24,27). The number of rotatable bonds is 4. The maximum absolute atomic E-state index is 12.6. The zero-order valence-corrected chi connectivity index (χ0v) is 16.9. The lowest BCUT2D eigenvalue weighted by atomic mass is 9.92. The molecule has 2 aromatic rings. The molecule has 5 nitrogen and oxygen atoms in total. The van der Waals surface area contributed by atoms with Crippen molar-refractivity contribution in [3.63, 3.8) is 0 Å². The second-order valence-corrected chi connectivity index (χ2v) is 8.63. The smallest absolute Gasteiger partial charge is 0.422 e. The van der Waals surface area contributed by atoms with E-state index in [1.54, 1.807) is 4.68 Å². The molecule has 2 rings (SSSR count). The van der Waals surface area contributed by atoms with Crippen LogP contribution in [-0.2, 0) is 11.0 Å². The van der Waals surface area contributed by atoms with E-state index >= 15 is 0 Å². The third-order valence-corrected chi connectivity index (χ3v) is 3.87. The molecule has 8 heteroatoms. The van der Waals surface area contributed by atoms with Crippen molar-refractivity contribution >= 4 is 11.7 Å². The molecule has 0 radical (unpaired) electrons. The number of hydrogen-bond donors (Lipinski definition) is 1. The molecule has 0 unspecified atom stereocenters. The van der Waals surface area contributed by atoms with Crippen molar-refractivity contribution in [1.29, 1.82) is 0 Å². The minimum Gasteiger partial charge on any atom is -0.484 e. The lowest BCUT2D eigenvalue weighted by molar-refractivity contribution is -0.153. The molecule has 154 valence electrons. The molecule has 1 heterocycles. The maximum atomic E-state index is 12.6. The zero-order valence-electron chi connectivity index (χ0n) is 16.9. The Kier molecular flexibility index (Phi) is 5.82. The summed E-state index contributed by atoms with van der Waals surface area (Å²) in [6.45, 7) is 10.7. The first kappa shape index (κ1) is 21.8. The van der Waals surface area contributed by atoms with Gasteiger partial charge in [0.05, 0.1) is 11.2 Å². The van der Waals surface area contributed by atoms with Gasteiger partial charge in [0.25, 0.3) is 5.91 Å². The van der Waals surface area contributed by atoms with Gasteiger partial charge in [0.2, 0.25) is 0 Å². The number of carbonyl (C=O) groups is 1. The second-order valence-electron chi connectivity index (χ2n) is 8.63. The van der Waals surface area contributed by atoms with Gasteiger partial charge in [-0.15, -0.1) is 0 Å². The topological polar surface area (TPSA) is 56.1 Å². The minimum atomic E-state index is -4.41. The van der Waals surface area contributed by atoms with E-state index in [9.17, 15) is 18.0 Å². The summed E-state index contributed by atoms with van der Waals surface area (Å²) in [4.78, 5) is 12.6. The van der Waals surface area contributed by atoms with Crippen LogP contribution in [0, 0.1) is 0 Å². The monoisotopic (exact) mass is 397 g/mol. The molecule has 0 aliphatic carbocycles. The van der Waals surface area contributed by atoms with E-state index in [-0.39, 0.29) is 22.6 Å². The summed E-state index contributed by atoms with van der Waals surface area (Å²) < 4.78 is 43.1. The number of amides is 1. The van der Waals surface area contributed by atoms with Crippen LogP contribution in [0.2, 0.25) is 0 Å². The Morgan fingerprint density at radius 3 is 2.11 bits per heavy atom.